The van der Waals surface area contributed by atoms with Crippen LogP contribution in [-0.4, -0.2) is 36.2 Å². The highest BCUT2D eigenvalue weighted by atomic mass is 16.3. The average molecular weight is 302 g/mol. The van der Waals surface area contributed by atoms with E-state index in [1.54, 1.807) is 0 Å². The highest BCUT2D eigenvalue weighted by Crippen LogP contribution is 2.29. The Morgan fingerprint density at radius 1 is 1.23 bits per heavy atom. The van der Waals surface area contributed by atoms with Crippen LogP contribution in [0.5, 0.6) is 0 Å². The molecule has 0 unspecified atom stereocenters. The van der Waals surface area contributed by atoms with Crippen LogP contribution < -0.4 is 10.2 Å². The minimum Gasteiger partial charge on any atom is -0.388 e. The van der Waals surface area contributed by atoms with Gasteiger partial charge in [-0.15, -0.1) is 0 Å². The Kier molecular flexibility index (Phi) is 4.39. The van der Waals surface area contributed by atoms with E-state index < -0.39 is 5.60 Å². The van der Waals surface area contributed by atoms with Crippen molar-refractivity contribution in [2.24, 2.45) is 0 Å². The third kappa shape index (κ3) is 3.27. The van der Waals surface area contributed by atoms with Crippen molar-refractivity contribution < 1.29 is 9.90 Å². The van der Waals surface area contributed by atoms with E-state index in [0.29, 0.717) is 6.54 Å². The molecule has 2 aliphatic rings. The van der Waals surface area contributed by atoms with Crippen LogP contribution >= 0.6 is 0 Å². The number of rotatable bonds is 4. The smallest absolute Gasteiger partial charge is 0.253 e. The summed E-state index contributed by atoms with van der Waals surface area (Å²) >= 11 is 0. The van der Waals surface area contributed by atoms with Crippen molar-refractivity contribution in [1.82, 2.24) is 5.32 Å². The Morgan fingerprint density at radius 3 is 2.59 bits per heavy atom. The van der Waals surface area contributed by atoms with E-state index in [1.807, 2.05) is 13.0 Å². The number of nitrogens with one attached hydrogen (secondary N) is 1. The second kappa shape index (κ2) is 6.29. The molecule has 1 aliphatic carbocycles. The molecule has 1 aromatic rings. The highest BCUT2D eigenvalue weighted by Gasteiger charge is 2.31. The molecule has 4 nitrogen and oxygen atoms in total. The van der Waals surface area contributed by atoms with E-state index in [1.165, 1.54) is 12.8 Å². The lowest BCUT2D eigenvalue weighted by atomic mass is 10.0. The summed E-state index contributed by atoms with van der Waals surface area (Å²) in [5.41, 5.74) is 2.16. The summed E-state index contributed by atoms with van der Waals surface area (Å²) in [6, 6.07) is 6.08. The summed E-state index contributed by atoms with van der Waals surface area (Å²) in [7, 11) is 0. The van der Waals surface area contributed by atoms with Crippen LogP contribution in [0.3, 0.4) is 0 Å². The first-order valence-electron chi connectivity index (χ1n) is 8.44. The molecule has 4 heteroatoms. The fourth-order valence-electron chi connectivity index (χ4n) is 3.62. The molecule has 1 amide bonds. The van der Waals surface area contributed by atoms with Crippen LogP contribution in [0, 0.1) is 6.92 Å². The summed E-state index contributed by atoms with van der Waals surface area (Å²) in [4.78, 5) is 14.9. The molecule has 0 atom stereocenters. The molecule has 1 saturated heterocycles. The van der Waals surface area contributed by atoms with Gasteiger partial charge in [-0.2, -0.15) is 0 Å². The zero-order valence-electron chi connectivity index (χ0n) is 13.4. The minimum atomic E-state index is -0.701. The van der Waals surface area contributed by atoms with Crippen LogP contribution in [0.1, 0.15) is 54.4 Å². The number of hydrogen-bond acceptors (Lipinski definition) is 3. The van der Waals surface area contributed by atoms with Gasteiger partial charge in [-0.05, 0) is 44.7 Å². The van der Waals surface area contributed by atoms with E-state index in [4.69, 9.17) is 0 Å². The molecule has 2 fully saturated rings. The van der Waals surface area contributed by atoms with Crippen LogP contribution in [0.4, 0.5) is 5.69 Å². The van der Waals surface area contributed by atoms with E-state index in [9.17, 15) is 9.90 Å². The van der Waals surface area contributed by atoms with Gasteiger partial charge < -0.3 is 15.3 Å². The maximum Gasteiger partial charge on any atom is 0.253 e. The quantitative estimate of drug-likeness (QED) is 0.899. The van der Waals surface area contributed by atoms with Crippen LogP contribution in [0.2, 0.25) is 0 Å². The molecule has 2 N–H and O–H groups in total. The van der Waals surface area contributed by atoms with Crippen molar-refractivity contribution >= 4 is 11.6 Å². The van der Waals surface area contributed by atoms with Gasteiger partial charge in [0.1, 0.15) is 0 Å². The maximum absolute atomic E-state index is 12.6. The molecule has 1 saturated carbocycles. The van der Waals surface area contributed by atoms with Gasteiger partial charge in [0.15, 0.2) is 0 Å². The monoisotopic (exact) mass is 302 g/mol. The average Bonchev–Trinajstić information content (AvgIpc) is 3.17. The van der Waals surface area contributed by atoms with Gasteiger partial charge in [-0.3, -0.25) is 4.79 Å². The van der Waals surface area contributed by atoms with Gasteiger partial charge in [0.2, 0.25) is 0 Å². The van der Waals surface area contributed by atoms with Gasteiger partial charge in [-0.1, -0.05) is 24.5 Å². The molecule has 0 bridgehead atoms. The molecule has 1 aromatic carbocycles. The van der Waals surface area contributed by atoms with Gasteiger partial charge in [0, 0.05) is 25.3 Å². The maximum atomic E-state index is 12.6. The topological polar surface area (TPSA) is 52.6 Å². The number of amides is 1. The lowest BCUT2D eigenvalue weighted by molar-refractivity contribution is 0.0450. The van der Waals surface area contributed by atoms with Crippen molar-refractivity contribution in [2.75, 3.05) is 24.5 Å². The summed E-state index contributed by atoms with van der Waals surface area (Å²) < 4.78 is 0. The van der Waals surface area contributed by atoms with Crippen molar-refractivity contribution in [2.45, 2.75) is 51.0 Å². The largest absolute Gasteiger partial charge is 0.388 e. The van der Waals surface area contributed by atoms with Crippen molar-refractivity contribution in [3.05, 3.63) is 29.3 Å². The van der Waals surface area contributed by atoms with Crippen LogP contribution in [0.15, 0.2) is 18.2 Å². The number of anilines is 1. The highest BCUT2D eigenvalue weighted by molar-refractivity contribution is 6.00. The summed E-state index contributed by atoms with van der Waals surface area (Å²) in [5.74, 6) is -0.0640. The number of hydrogen-bond donors (Lipinski definition) is 2. The molecule has 1 aliphatic heterocycles. The fourth-order valence-corrected chi connectivity index (χ4v) is 3.62. The van der Waals surface area contributed by atoms with Crippen LogP contribution in [0.25, 0.3) is 0 Å². The Balaban J connectivity index is 1.74. The van der Waals surface area contributed by atoms with Crippen LogP contribution in [-0.2, 0) is 0 Å². The number of benzene rings is 1. The lowest BCUT2D eigenvalue weighted by Gasteiger charge is -2.24. The number of carbonyl (C=O) groups excluding carboxylic acids is 1. The van der Waals surface area contributed by atoms with Gasteiger partial charge in [0.05, 0.1) is 11.2 Å². The third-order valence-corrected chi connectivity index (χ3v) is 4.96. The molecule has 0 radical (unpaired) electrons. The van der Waals surface area contributed by atoms with Crippen molar-refractivity contribution in [3.8, 4) is 0 Å². The lowest BCUT2D eigenvalue weighted by Crippen LogP contribution is -2.41. The van der Waals surface area contributed by atoms with Gasteiger partial charge in [-0.25, -0.2) is 0 Å². The SMILES string of the molecule is Cc1ccc(N2CCCC2)c(C(=O)NCC2(O)CCCC2)c1. The molecule has 0 aromatic heterocycles. The standard InChI is InChI=1S/C18H26N2O2/c1-14-6-7-16(20-10-4-5-11-20)15(12-14)17(21)19-13-18(22)8-2-3-9-18/h6-7,12,22H,2-5,8-11,13H2,1H3,(H,19,21). The van der Waals surface area contributed by atoms with Gasteiger partial charge in [0.25, 0.3) is 5.91 Å². The molecule has 22 heavy (non-hydrogen) atoms. The molecule has 1 heterocycles. The zero-order chi connectivity index (χ0) is 15.6. The van der Waals surface area contributed by atoms with E-state index >= 15 is 0 Å². The second-order valence-corrected chi connectivity index (χ2v) is 6.83. The minimum absolute atomic E-state index is 0.0640. The normalized spacial score (nSPS) is 20.4. The number of carbonyl (C=O) groups is 1. The molecule has 120 valence electrons. The Labute approximate surface area is 132 Å². The number of aliphatic hydroxyl groups is 1. The summed E-state index contributed by atoms with van der Waals surface area (Å²) in [6.45, 7) is 4.41. The van der Waals surface area contributed by atoms with Crippen molar-refractivity contribution in [3.63, 3.8) is 0 Å². The van der Waals surface area contributed by atoms with E-state index in [-0.39, 0.29) is 5.91 Å². The molecule has 3 rings (SSSR count). The summed E-state index contributed by atoms with van der Waals surface area (Å²) in [6.07, 6.45) is 6.06. The predicted molar refractivity (Wildman–Crippen MR) is 88.4 cm³/mol. The van der Waals surface area contributed by atoms with Crippen molar-refractivity contribution in [1.29, 1.82) is 0 Å². The third-order valence-electron chi connectivity index (χ3n) is 4.96. The Hall–Kier alpha value is -1.55. The first-order valence-corrected chi connectivity index (χ1v) is 8.44. The Bertz CT molecular complexity index is 544. The first kappa shape index (κ1) is 15.3. The number of aryl methyl sites for hydroxylation is 1. The summed E-state index contributed by atoms with van der Waals surface area (Å²) in [5, 5.41) is 13.4. The molecular formula is C18H26N2O2. The second-order valence-electron chi connectivity index (χ2n) is 6.83. The van der Waals surface area contributed by atoms with E-state index in [0.717, 1.165) is 55.6 Å². The molecular weight excluding hydrogens is 276 g/mol. The van der Waals surface area contributed by atoms with Gasteiger partial charge >= 0.3 is 0 Å². The first-order chi connectivity index (χ1) is 10.6. The number of nitrogens with zero attached hydrogens (tertiary/aromatic N) is 1. The predicted octanol–water partition coefficient (Wildman–Crippen LogP) is 2.63. The van der Waals surface area contributed by atoms with E-state index in [2.05, 4.69) is 22.3 Å². The zero-order valence-corrected chi connectivity index (χ0v) is 13.4. The fraction of sp³-hybridized carbons (Fsp3) is 0.611. The Morgan fingerprint density at radius 2 is 1.91 bits per heavy atom. The molecule has 0 spiro atoms.